The Morgan fingerprint density at radius 2 is 2.13 bits per heavy atom. The Morgan fingerprint density at radius 3 is 2.73 bits per heavy atom. The molecule has 1 amide bonds. The maximum Gasteiger partial charge on any atom is 0.407 e. The van der Waals surface area contributed by atoms with E-state index in [0.717, 1.165) is 5.56 Å². The summed E-state index contributed by atoms with van der Waals surface area (Å²) in [7, 11) is 0. The number of aliphatic hydroxyl groups excluding tert-OH is 1. The van der Waals surface area contributed by atoms with Crippen LogP contribution in [-0.2, 0) is 4.74 Å². The van der Waals surface area contributed by atoms with Gasteiger partial charge in [0.25, 0.3) is 0 Å². The van der Waals surface area contributed by atoms with Crippen LogP contribution >= 0.6 is 0 Å². The first-order chi connectivity index (χ1) is 7.24. The van der Waals surface area contributed by atoms with Crippen LogP contribution in [0.1, 0.15) is 18.5 Å². The summed E-state index contributed by atoms with van der Waals surface area (Å²) in [5.41, 5.74) is 1.01. The minimum Gasteiger partial charge on any atom is -0.447 e. The molecule has 4 nitrogen and oxygen atoms in total. The lowest BCUT2D eigenvalue weighted by atomic mass is 10.1. The molecule has 82 valence electrons. The molecule has 0 heterocycles. The molecule has 1 rings (SSSR count). The van der Waals surface area contributed by atoms with Crippen LogP contribution in [0.15, 0.2) is 30.3 Å². The Hall–Kier alpha value is -1.55. The predicted octanol–water partition coefficient (Wildman–Crippen LogP) is 1.47. The summed E-state index contributed by atoms with van der Waals surface area (Å²) in [6.07, 6.45) is -0.514. The van der Waals surface area contributed by atoms with Crippen LogP contribution in [0.5, 0.6) is 0 Å². The number of aliphatic hydroxyl groups is 1. The van der Waals surface area contributed by atoms with Gasteiger partial charge in [0.15, 0.2) is 0 Å². The summed E-state index contributed by atoms with van der Waals surface area (Å²) in [4.78, 5) is 11.1. The van der Waals surface area contributed by atoms with E-state index in [1.807, 2.05) is 37.3 Å². The minimum absolute atomic E-state index is 0.0212. The van der Waals surface area contributed by atoms with Gasteiger partial charge in [-0.1, -0.05) is 30.3 Å². The number of ether oxygens (including phenoxy) is 1. The lowest BCUT2D eigenvalue weighted by Gasteiger charge is -2.13. The van der Waals surface area contributed by atoms with Gasteiger partial charge in [-0.05, 0) is 12.5 Å². The monoisotopic (exact) mass is 209 g/mol. The molecule has 0 aromatic heterocycles. The van der Waals surface area contributed by atoms with E-state index in [1.54, 1.807) is 0 Å². The maximum atomic E-state index is 11.1. The number of amides is 1. The number of nitrogens with one attached hydrogen (secondary N) is 1. The number of carbonyl (C=O) groups excluding carboxylic acids is 1. The van der Waals surface area contributed by atoms with Crippen molar-refractivity contribution in [2.24, 2.45) is 0 Å². The first-order valence-electron chi connectivity index (χ1n) is 4.83. The van der Waals surface area contributed by atoms with Crippen molar-refractivity contribution in [3.05, 3.63) is 35.9 Å². The fourth-order valence-electron chi connectivity index (χ4n) is 1.18. The Balaban J connectivity index is 2.42. The molecule has 0 fully saturated rings. The first kappa shape index (κ1) is 11.5. The summed E-state index contributed by atoms with van der Waals surface area (Å²) >= 11 is 0. The molecule has 1 aromatic rings. The van der Waals surface area contributed by atoms with E-state index in [0.29, 0.717) is 0 Å². The third-order valence-corrected chi connectivity index (χ3v) is 1.96. The number of benzene rings is 1. The van der Waals surface area contributed by atoms with Crippen molar-refractivity contribution in [3.8, 4) is 0 Å². The highest BCUT2D eigenvalue weighted by Gasteiger charge is 2.08. The molecule has 15 heavy (non-hydrogen) atoms. The van der Waals surface area contributed by atoms with E-state index >= 15 is 0 Å². The van der Waals surface area contributed by atoms with Crippen molar-refractivity contribution in [2.45, 2.75) is 13.0 Å². The molecular weight excluding hydrogens is 194 g/mol. The normalized spacial score (nSPS) is 11.9. The van der Waals surface area contributed by atoms with E-state index in [1.165, 1.54) is 0 Å². The van der Waals surface area contributed by atoms with Gasteiger partial charge in [0, 0.05) is 0 Å². The molecule has 4 heteroatoms. The molecule has 0 bridgehead atoms. The zero-order valence-electron chi connectivity index (χ0n) is 8.64. The van der Waals surface area contributed by atoms with Gasteiger partial charge in [0.2, 0.25) is 0 Å². The lowest BCUT2D eigenvalue weighted by molar-refractivity contribution is 0.116. The van der Waals surface area contributed by atoms with Crippen LogP contribution in [0.3, 0.4) is 0 Å². The zero-order chi connectivity index (χ0) is 11.1. The molecule has 0 aliphatic carbocycles. The molecule has 0 aliphatic rings. The molecule has 0 radical (unpaired) electrons. The van der Waals surface area contributed by atoms with Gasteiger partial charge in [0.1, 0.15) is 6.61 Å². The second-order valence-corrected chi connectivity index (χ2v) is 3.14. The van der Waals surface area contributed by atoms with Crippen LogP contribution in [0.2, 0.25) is 0 Å². The topological polar surface area (TPSA) is 58.6 Å². The van der Waals surface area contributed by atoms with E-state index in [9.17, 15) is 4.79 Å². The average molecular weight is 209 g/mol. The number of hydrogen-bond acceptors (Lipinski definition) is 3. The molecule has 1 aromatic carbocycles. The fraction of sp³-hybridized carbons (Fsp3) is 0.364. The van der Waals surface area contributed by atoms with Gasteiger partial charge in [-0.25, -0.2) is 4.79 Å². The Labute approximate surface area is 88.9 Å². The van der Waals surface area contributed by atoms with Gasteiger partial charge >= 0.3 is 6.09 Å². The highest BCUT2D eigenvalue weighted by atomic mass is 16.6. The molecule has 0 aliphatic heterocycles. The molecule has 0 spiro atoms. The smallest absolute Gasteiger partial charge is 0.407 e. The first-order valence-corrected chi connectivity index (χ1v) is 4.83. The van der Waals surface area contributed by atoms with Crippen molar-refractivity contribution in [3.63, 3.8) is 0 Å². The minimum atomic E-state index is -0.514. The summed E-state index contributed by atoms with van der Waals surface area (Å²) in [5.74, 6) is 0. The number of alkyl carbamates (subject to hydrolysis) is 1. The van der Waals surface area contributed by atoms with Crippen LogP contribution in [0, 0.1) is 0 Å². The highest BCUT2D eigenvalue weighted by molar-refractivity contribution is 5.67. The van der Waals surface area contributed by atoms with Crippen molar-refractivity contribution in [1.29, 1.82) is 0 Å². The van der Waals surface area contributed by atoms with E-state index in [2.05, 4.69) is 10.1 Å². The van der Waals surface area contributed by atoms with E-state index < -0.39 is 6.09 Å². The largest absolute Gasteiger partial charge is 0.447 e. The van der Waals surface area contributed by atoms with Crippen LogP contribution in [0.25, 0.3) is 0 Å². The van der Waals surface area contributed by atoms with Gasteiger partial charge in [0.05, 0.1) is 12.6 Å². The van der Waals surface area contributed by atoms with Crippen molar-refractivity contribution < 1.29 is 14.6 Å². The molecule has 0 unspecified atom stereocenters. The predicted molar refractivity (Wildman–Crippen MR) is 56.4 cm³/mol. The average Bonchev–Trinajstić information content (AvgIpc) is 2.27. The quantitative estimate of drug-likeness (QED) is 0.789. The lowest BCUT2D eigenvalue weighted by Crippen LogP contribution is -2.28. The van der Waals surface area contributed by atoms with Crippen molar-refractivity contribution in [2.75, 3.05) is 13.2 Å². The molecular formula is C11H15NO3. The SMILES string of the molecule is C[C@H](NC(=O)OCCO)c1ccccc1. The third kappa shape index (κ3) is 3.99. The summed E-state index contributed by atoms with van der Waals surface area (Å²) < 4.78 is 4.68. The Bertz CT molecular complexity index is 300. The fourth-order valence-corrected chi connectivity index (χ4v) is 1.18. The standard InChI is InChI=1S/C11H15NO3/c1-9(10-5-3-2-4-6-10)12-11(14)15-8-7-13/h2-6,9,13H,7-8H2,1H3,(H,12,14)/t9-/m0/s1. The van der Waals surface area contributed by atoms with E-state index in [-0.39, 0.29) is 19.3 Å². The van der Waals surface area contributed by atoms with Crippen molar-refractivity contribution >= 4 is 6.09 Å². The Morgan fingerprint density at radius 1 is 1.47 bits per heavy atom. The summed E-state index contributed by atoms with van der Waals surface area (Å²) in [6, 6.07) is 9.49. The Kier molecular flexibility index (Phi) is 4.63. The second-order valence-electron chi connectivity index (χ2n) is 3.14. The third-order valence-electron chi connectivity index (χ3n) is 1.96. The number of carbonyl (C=O) groups is 1. The molecule has 1 atom stereocenters. The number of hydrogen-bond donors (Lipinski definition) is 2. The highest BCUT2D eigenvalue weighted by Crippen LogP contribution is 2.10. The van der Waals surface area contributed by atoms with Gasteiger partial charge in [-0.2, -0.15) is 0 Å². The summed E-state index contributed by atoms with van der Waals surface area (Å²) in [5, 5.41) is 11.1. The van der Waals surface area contributed by atoms with Crippen LogP contribution in [0.4, 0.5) is 4.79 Å². The van der Waals surface area contributed by atoms with Crippen LogP contribution in [-0.4, -0.2) is 24.4 Å². The zero-order valence-corrected chi connectivity index (χ0v) is 8.64. The summed E-state index contributed by atoms with van der Waals surface area (Å²) in [6.45, 7) is 1.73. The van der Waals surface area contributed by atoms with Crippen molar-refractivity contribution in [1.82, 2.24) is 5.32 Å². The van der Waals surface area contributed by atoms with Crippen LogP contribution < -0.4 is 5.32 Å². The maximum absolute atomic E-state index is 11.1. The molecule has 0 saturated carbocycles. The number of rotatable bonds is 4. The van der Waals surface area contributed by atoms with Gasteiger partial charge in [-0.15, -0.1) is 0 Å². The van der Waals surface area contributed by atoms with E-state index in [4.69, 9.17) is 5.11 Å². The molecule has 2 N–H and O–H groups in total. The molecule has 0 saturated heterocycles. The van der Waals surface area contributed by atoms with Gasteiger partial charge in [-0.3, -0.25) is 0 Å². The second kappa shape index (κ2) is 6.03. The van der Waals surface area contributed by atoms with Gasteiger partial charge < -0.3 is 15.2 Å².